The third-order valence-corrected chi connectivity index (χ3v) is 14.0. The number of aliphatic hydroxyl groups excluding tert-OH is 6. The molecule has 18 N–H and O–H groups in total. The average molecular weight is 1160 g/mol. The number of nitrogens with two attached hydrogens (primary N) is 2. The number of rotatable bonds is 21. The van der Waals surface area contributed by atoms with Gasteiger partial charge in [0.1, 0.15) is 48.4 Å². The highest BCUT2D eigenvalue weighted by Crippen LogP contribution is 2.23. The van der Waals surface area contributed by atoms with Crippen LogP contribution in [0.5, 0.6) is 0 Å². The van der Waals surface area contributed by atoms with Gasteiger partial charge in [-0.1, -0.05) is 65.2 Å². The molecule has 31 heteroatoms. The molecule has 8 amide bonds. The number of unbranched alkanes of at least 4 members (excludes halogenated alkanes) is 7. The van der Waals surface area contributed by atoms with Crippen LogP contribution in [0.2, 0.25) is 0 Å². The molecule has 3 fully saturated rings. The number of ether oxygens (including phenoxy) is 1. The highest BCUT2D eigenvalue weighted by molar-refractivity contribution is 6.00. The number of aliphatic carboxylic acids is 2. The van der Waals surface area contributed by atoms with Gasteiger partial charge in [0, 0.05) is 19.6 Å². The number of hydrogen-bond acceptors (Lipinski definition) is 19. The SMILES string of the molecule is CC(C)CCCCCCCCCCC1CC(=O)N[C@H]([C@@H](C)O)C(=O)N[C@H](C)C(=O)N2CC[C@@H](O)[C@H]2C(=O)N[C@@H](CCCN=C(N)N)C(=O)N[C@H]([C@@H](O)C(=O)O)C(=O)N[C@H](CO)C(=O)N2CC[C@@H](O)[C@H]2C(=O)N[C@@H]([C@H](O)C(=O)O)C(=O)O1. The minimum atomic E-state index is -2.81. The Morgan fingerprint density at radius 2 is 1.11 bits per heavy atom. The van der Waals surface area contributed by atoms with Gasteiger partial charge in [-0.15, -0.1) is 0 Å². The summed E-state index contributed by atoms with van der Waals surface area (Å²) in [6.45, 7) is 4.31. The second-order valence-corrected chi connectivity index (χ2v) is 21.0. The standard InChI is InChI=1S/C50H83N11O20/c1-24(2)14-11-9-7-5-6-8-10-12-15-27-22-32(66)57-33(26(4)63)41(70)54-25(3)45(74)60-20-17-30(64)36(60)43(72)55-28(16-13-19-53-50(51)52)40(69)58-34(38(67)47(76)77)42(71)56-29(23-62)46(75)61-21-18-31(65)37(61)44(73)59-35(49(80)81-27)39(68)48(78)79/h24-31,33-39,62-65,67-68H,5-23H2,1-4H3,(H,54,70)(H,55,72)(H,56,71)(H,57,66)(H,58,69)(H,59,73)(H,76,77)(H,78,79)(H4,51,52,53)/t25-,26-,27?,28+,29-,30-,31-,33-,34-,35+,36+,37+,38-,39+/m1/s1. The molecular weight excluding hydrogens is 1070 g/mol. The van der Waals surface area contributed by atoms with Crippen LogP contribution in [-0.4, -0.2) is 233 Å². The molecular formula is C50H83N11O20. The Balaban J connectivity index is 2.12. The molecule has 458 valence electrons. The Hall–Kier alpha value is -6.80. The Bertz CT molecular complexity index is 2230. The summed E-state index contributed by atoms with van der Waals surface area (Å²) in [6, 6.07) is -16.2. The maximum atomic E-state index is 14.1. The van der Waals surface area contributed by atoms with Gasteiger partial charge in [-0.2, -0.15) is 0 Å². The smallest absolute Gasteiger partial charge is 0.335 e. The van der Waals surface area contributed by atoms with E-state index in [1.807, 2.05) is 16.0 Å². The van der Waals surface area contributed by atoms with Crippen LogP contribution in [-0.2, 0) is 57.5 Å². The number of cyclic esters (lactones) is 1. The van der Waals surface area contributed by atoms with Gasteiger partial charge in [0.15, 0.2) is 24.2 Å². The van der Waals surface area contributed by atoms with E-state index in [2.05, 4.69) is 34.8 Å². The quantitative estimate of drug-likeness (QED) is 0.0220. The summed E-state index contributed by atoms with van der Waals surface area (Å²) >= 11 is 0. The van der Waals surface area contributed by atoms with Crippen molar-refractivity contribution in [2.75, 3.05) is 26.2 Å². The summed E-state index contributed by atoms with van der Waals surface area (Å²) in [5.74, 6) is -15.7. The average Bonchev–Trinajstić information content (AvgIpc) is 3.99. The number of aliphatic hydroxyl groups is 6. The Morgan fingerprint density at radius 1 is 0.617 bits per heavy atom. The van der Waals surface area contributed by atoms with Crippen LogP contribution in [0.15, 0.2) is 4.99 Å². The first-order chi connectivity index (χ1) is 38.1. The fraction of sp³-hybridized carbons (Fsp3) is 0.760. The molecule has 0 aliphatic carbocycles. The number of carbonyl (C=O) groups is 11. The van der Waals surface area contributed by atoms with Crippen LogP contribution < -0.4 is 43.4 Å². The molecule has 81 heavy (non-hydrogen) atoms. The number of carboxylic acid groups (broad SMARTS) is 2. The number of nitrogens with zero attached hydrogens (tertiary/aromatic N) is 3. The zero-order valence-electron chi connectivity index (χ0n) is 46.1. The van der Waals surface area contributed by atoms with Crippen molar-refractivity contribution in [3.63, 3.8) is 0 Å². The van der Waals surface area contributed by atoms with Gasteiger partial charge in [-0.25, -0.2) is 14.4 Å². The van der Waals surface area contributed by atoms with Crippen LogP contribution in [0.3, 0.4) is 0 Å². The minimum Gasteiger partial charge on any atom is -0.479 e. The lowest BCUT2D eigenvalue weighted by atomic mass is 10.0. The van der Waals surface area contributed by atoms with Crippen molar-refractivity contribution in [1.82, 2.24) is 41.7 Å². The Labute approximate surface area is 467 Å². The molecule has 0 saturated carbocycles. The summed E-state index contributed by atoms with van der Waals surface area (Å²) in [4.78, 5) is 155. The number of amides is 8. The molecule has 1 unspecified atom stereocenters. The summed E-state index contributed by atoms with van der Waals surface area (Å²) in [5.41, 5.74) is 10.8. The van der Waals surface area contributed by atoms with Gasteiger partial charge < -0.3 is 98.8 Å². The van der Waals surface area contributed by atoms with Gasteiger partial charge in [0.25, 0.3) is 0 Å². The van der Waals surface area contributed by atoms with E-state index in [9.17, 15) is 93.6 Å². The largest absolute Gasteiger partial charge is 0.479 e. The normalized spacial score (nSPS) is 28.3. The lowest BCUT2D eigenvalue weighted by molar-refractivity contribution is -0.165. The zero-order valence-corrected chi connectivity index (χ0v) is 46.1. The number of guanidine groups is 1. The molecule has 0 bridgehead atoms. The van der Waals surface area contributed by atoms with Crippen molar-refractivity contribution in [1.29, 1.82) is 0 Å². The lowest BCUT2D eigenvalue weighted by Gasteiger charge is -2.32. The monoisotopic (exact) mass is 1160 g/mol. The molecule has 14 atom stereocenters. The fourth-order valence-corrected chi connectivity index (χ4v) is 9.57. The fourth-order valence-electron chi connectivity index (χ4n) is 9.57. The topological polar surface area (TPSA) is 502 Å². The molecule has 0 radical (unpaired) electrons. The van der Waals surface area contributed by atoms with Crippen LogP contribution in [0.1, 0.15) is 124 Å². The molecule has 0 aromatic carbocycles. The van der Waals surface area contributed by atoms with Crippen molar-refractivity contribution in [2.24, 2.45) is 22.4 Å². The Morgan fingerprint density at radius 3 is 1.64 bits per heavy atom. The maximum Gasteiger partial charge on any atom is 0.335 e. The van der Waals surface area contributed by atoms with Crippen LogP contribution in [0, 0.1) is 5.92 Å². The van der Waals surface area contributed by atoms with E-state index in [0.717, 1.165) is 56.8 Å². The molecule has 3 saturated heterocycles. The molecule has 31 nitrogen and oxygen atoms in total. The highest BCUT2D eigenvalue weighted by atomic mass is 16.5. The second-order valence-electron chi connectivity index (χ2n) is 21.0. The molecule has 0 aromatic rings. The van der Waals surface area contributed by atoms with Gasteiger partial charge in [0.05, 0.1) is 31.3 Å². The zero-order chi connectivity index (χ0) is 60.8. The summed E-state index contributed by atoms with van der Waals surface area (Å²) < 4.78 is 5.60. The van der Waals surface area contributed by atoms with Crippen molar-refractivity contribution in [2.45, 2.75) is 209 Å². The summed E-state index contributed by atoms with van der Waals surface area (Å²) in [5, 5.41) is 97.3. The molecule has 3 aliphatic rings. The molecule has 0 aromatic heterocycles. The first-order valence-electron chi connectivity index (χ1n) is 27.3. The lowest BCUT2D eigenvalue weighted by Crippen LogP contribution is -2.64. The molecule has 3 aliphatic heterocycles. The number of esters is 1. The number of nitrogens with one attached hydrogen (secondary N) is 6. The number of fused-ring (bicyclic) bond motifs is 2. The molecule has 0 spiro atoms. The summed E-state index contributed by atoms with van der Waals surface area (Å²) in [7, 11) is 0. The van der Waals surface area contributed by atoms with Crippen molar-refractivity contribution in [3.05, 3.63) is 0 Å². The van der Waals surface area contributed by atoms with Crippen molar-refractivity contribution >= 4 is 71.1 Å². The van der Waals surface area contributed by atoms with E-state index in [1.54, 1.807) is 0 Å². The third kappa shape index (κ3) is 20.9. The van der Waals surface area contributed by atoms with E-state index in [0.29, 0.717) is 23.7 Å². The van der Waals surface area contributed by atoms with Crippen LogP contribution in [0.4, 0.5) is 0 Å². The second kappa shape index (κ2) is 33.2. The first kappa shape index (κ1) is 68.5. The minimum absolute atomic E-state index is 0.0739. The number of carboxylic acids is 2. The first-order valence-corrected chi connectivity index (χ1v) is 27.3. The van der Waals surface area contributed by atoms with E-state index < -0.39 is 176 Å². The van der Waals surface area contributed by atoms with E-state index >= 15 is 0 Å². The number of hydrogen-bond donors (Lipinski definition) is 16. The maximum absolute atomic E-state index is 14.1. The van der Waals surface area contributed by atoms with E-state index in [1.165, 1.54) is 6.92 Å². The predicted octanol–water partition coefficient (Wildman–Crippen LogP) is -5.97. The van der Waals surface area contributed by atoms with Crippen LogP contribution in [0.25, 0.3) is 0 Å². The van der Waals surface area contributed by atoms with Crippen molar-refractivity contribution in [3.8, 4) is 0 Å². The van der Waals surface area contributed by atoms with Gasteiger partial charge in [-0.3, -0.25) is 43.3 Å². The highest BCUT2D eigenvalue weighted by Gasteiger charge is 2.48. The summed E-state index contributed by atoms with van der Waals surface area (Å²) in [6.07, 6.45) is -6.30. The van der Waals surface area contributed by atoms with E-state index in [4.69, 9.17) is 16.2 Å². The number of carbonyl (C=O) groups excluding carboxylic acids is 9. The van der Waals surface area contributed by atoms with Gasteiger partial charge >= 0.3 is 17.9 Å². The van der Waals surface area contributed by atoms with Crippen molar-refractivity contribution < 1.29 is 98.3 Å². The van der Waals surface area contributed by atoms with Gasteiger partial charge in [0.2, 0.25) is 47.3 Å². The third-order valence-electron chi connectivity index (χ3n) is 14.0. The molecule has 3 heterocycles. The van der Waals surface area contributed by atoms with E-state index in [-0.39, 0.29) is 44.7 Å². The molecule has 3 rings (SSSR count). The van der Waals surface area contributed by atoms with Crippen LogP contribution >= 0.6 is 0 Å². The van der Waals surface area contributed by atoms with Gasteiger partial charge in [-0.05, 0) is 58.3 Å². The predicted molar refractivity (Wildman–Crippen MR) is 281 cm³/mol. The number of aliphatic imine (C=N–C) groups is 1. The Kier molecular flexibility index (Phi) is 28.1.